The van der Waals surface area contributed by atoms with E-state index in [9.17, 15) is 19.7 Å². The lowest BCUT2D eigenvalue weighted by molar-refractivity contribution is -0.385. The first-order valence-electron chi connectivity index (χ1n) is 10.9. The molecule has 3 atom stereocenters. The molecule has 2 amide bonds. The van der Waals surface area contributed by atoms with Crippen LogP contribution in [0.5, 0.6) is 11.5 Å². The molecule has 0 N–H and O–H groups in total. The normalized spacial score (nSPS) is 21.0. The van der Waals surface area contributed by atoms with Crippen LogP contribution in [0.2, 0.25) is 0 Å². The molecular formula is C25H20BrN3O7. The van der Waals surface area contributed by atoms with Crippen molar-refractivity contribution in [2.75, 3.05) is 24.2 Å². The fourth-order valence-corrected chi connectivity index (χ4v) is 4.92. The van der Waals surface area contributed by atoms with Crippen molar-refractivity contribution in [1.29, 1.82) is 0 Å². The minimum absolute atomic E-state index is 0.160. The number of nitro groups is 1. The maximum absolute atomic E-state index is 13.8. The molecule has 5 rings (SSSR count). The van der Waals surface area contributed by atoms with Gasteiger partial charge in [0.1, 0.15) is 12.0 Å². The Hall–Kier alpha value is -3.96. The number of rotatable bonds is 6. The van der Waals surface area contributed by atoms with Crippen molar-refractivity contribution in [2.24, 2.45) is 5.92 Å². The summed E-state index contributed by atoms with van der Waals surface area (Å²) in [6.07, 6.45) is -1.17. The average molecular weight is 554 g/mol. The Kier molecular flexibility index (Phi) is 6.10. The van der Waals surface area contributed by atoms with E-state index in [1.54, 1.807) is 54.6 Å². The summed E-state index contributed by atoms with van der Waals surface area (Å²) >= 11 is 3.35. The first-order valence-corrected chi connectivity index (χ1v) is 11.7. The number of benzene rings is 3. The van der Waals surface area contributed by atoms with Gasteiger partial charge in [-0.3, -0.25) is 24.5 Å². The number of methoxy groups -OCH3 is 2. The van der Waals surface area contributed by atoms with Gasteiger partial charge in [0.05, 0.1) is 42.1 Å². The molecule has 2 fully saturated rings. The highest BCUT2D eigenvalue weighted by Crippen LogP contribution is 2.51. The predicted octanol–water partition coefficient (Wildman–Crippen LogP) is 4.43. The first kappa shape index (κ1) is 23.8. The zero-order valence-electron chi connectivity index (χ0n) is 19.2. The fraction of sp³-hybridized carbons (Fsp3) is 0.200. The number of para-hydroxylation sites is 1. The second-order valence-corrected chi connectivity index (χ2v) is 9.09. The van der Waals surface area contributed by atoms with Crippen molar-refractivity contribution in [1.82, 2.24) is 0 Å². The van der Waals surface area contributed by atoms with Crippen molar-refractivity contribution >= 4 is 44.8 Å². The lowest BCUT2D eigenvalue weighted by Crippen LogP contribution is -2.37. The second-order valence-electron chi connectivity index (χ2n) is 8.17. The van der Waals surface area contributed by atoms with Crippen LogP contribution in [0.1, 0.15) is 11.6 Å². The van der Waals surface area contributed by atoms with E-state index in [0.29, 0.717) is 11.4 Å². The number of fused-ring (bicyclic) bond motifs is 1. The number of ether oxygens (including phenoxy) is 2. The molecule has 0 bridgehead atoms. The zero-order chi connectivity index (χ0) is 25.6. The van der Waals surface area contributed by atoms with Gasteiger partial charge in [0, 0.05) is 4.47 Å². The van der Waals surface area contributed by atoms with E-state index in [1.165, 1.54) is 31.4 Å². The molecule has 2 saturated heterocycles. The van der Waals surface area contributed by atoms with Crippen LogP contribution in [-0.4, -0.2) is 37.1 Å². The molecule has 36 heavy (non-hydrogen) atoms. The van der Waals surface area contributed by atoms with Gasteiger partial charge in [-0.2, -0.15) is 0 Å². The quantitative estimate of drug-likeness (QED) is 0.250. The molecule has 0 aromatic heterocycles. The summed E-state index contributed by atoms with van der Waals surface area (Å²) < 4.78 is 11.4. The molecule has 2 aliphatic rings. The molecule has 2 heterocycles. The highest BCUT2D eigenvalue weighted by atomic mass is 79.9. The number of halogens is 1. The van der Waals surface area contributed by atoms with Crippen molar-refractivity contribution in [3.05, 3.63) is 86.9 Å². The SMILES string of the molecule is COc1cc([C@@H]2[C@@H]3C(=O)N(c4ccc(Br)cc4)C(=O)[C@H]3ON2c2ccccc2)c([N+](=O)[O-])cc1OC. The zero-order valence-corrected chi connectivity index (χ0v) is 20.7. The summed E-state index contributed by atoms with van der Waals surface area (Å²) in [7, 11) is 2.79. The number of imide groups is 1. The second kappa shape index (κ2) is 9.25. The standard InChI is InChI=1S/C25H20BrN3O7/c1-34-19-12-17(18(29(32)33)13-20(19)35-2)22-21-23(36-28(22)16-6-4-3-5-7-16)25(31)27(24(21)30)15-10-8-14(26)9-11-15/h3-13,21-23H,1-2H3/t21-,22+,23-/m0/s1. The van der Waals surface area contributed by atoms with Crippen molar-refractivity contribution in [2.45, 2.75) is 12.1 Å². The fourth-order valence-electron chi connectivity index (χ4n) is 4.65. The predicted molar refractivity (Wildman–Crippen MR) is 133 cm³/mol. The lowest BCUT2D eigenvalue weighted by atomic mass is 9.89. The maximum atomic E-state index is 13.8. The molecule has 0 saturated carbocycles. The molecule has 3 aromatic rings. The third-order valence-corrected chi connectivity index (χ3v) is 6.79. The summed E-state index contributed by atoms with van der Waals surface area (Å²) in [6.45, 7) is 0. The van der Waals surface area contributed by atoms with E-state index < -0.39 is 34.8 Å². The smallest absolute Gasteiger partial charge is 0.278 e. The molecule has 3 aromatic carbocycles. The Bertz CT molecular complexity index is 1350. The van der Waals surface area contributed by atoms with E-state index in [4.69, 9.17) is 14.3 Å². The highest BCUT2D eigenvalue weighted by Gasteiger charge is 2.61. The third kappa shape index (κ3) is 3.76. The van der Waals surface area contributed by atoms with Crippen LogP contribution in [0.4, 0.5) is 17.1 Å². The largest absolute Gasteiger partial charge is 0.493 e. The Morgan fingerprint density at radius 1 is 0.917 bits per heavy atom. The highest BCUT2D eigenvalue weighted by molar-refractivity contribution is 9.10. The Labute approximate surface area is 214 Å². The minimum atomic E-state index is -1.17. The molecule has 2 aliphatic heterocycles. The number of anilines is 2. The molecule has 0 spiro atoms. The molecule has 184 valence electrons. The van der Waals surface area contributed by atoms with Crippen LogP contribution in [0.3, 0.4) is 0 Å². The number of nitro benzene ring substituents is 1. The van der Waals surface area contributed by atoms with Crippen LogP contribution < -0.4 is 19.4 Å². The van der Waals surface area contributed by atoms with Crippen molar-refractivity contribution in [3.8, 4) is 11.5 Å². The van der Waals surface area contributed by atoms with Gasteiger partial charge in [0.15, 0.2) is 17.6 Å². The van der Waals surface area contributed by atoms with Gasteiger partial charge in [-0.1, -0.05) is 34.1 Å². The molecule has 0 aliphatic carbocycles. The summed E-state index contributed by atoms with van der Waals surface area (Å²) in [5, 5.41) is 13.5. The van der Waals surface area contributed by atoms with Gasteiger partial charge in [0.25, 0.3) is 11.6 Å². The number of nitrogens with zero attached hydrogens (tertiary/aromatic N) is 3. The Morgan fingerprint density at radius 2 is 1.56 bits per heavy atom. The van der Waals surface area contributed by atoms with Crippen molar-refractivity contribution in [3.63, 3.8) is 0 Å². The van der Waals surface area contributed by atoms with Crippen LogP contribution in [0.15, 0.2) is 71.2 Å². The van der Waals surface area contributed by atoms with Gasteiger partial charge >= 0.3 is 0 Å². The number of amides is 2. The van der Waals surface area contributed by atoms with E-state index in [0.717, 1.165) is 9.37 Å². The topological polar surface area (TPSA) is 111 Å². The van der Waals surface area contributed by atoms with Crippen LogP contribution in [0, 0.1) is 16.0 Å². The Morgan fingerprint density at radius 3 is 2.17 bits per heavy atom. The van der Waals surface area contributed by atoms with E-state index >= 15 is 0 Å². The van der Waals surface area contributed by atoms with Gasteiger partial charge in [-0.15, -0.1) is 0 Å². The maximum Gasteiger partial charge on any atom is 0.278 e. The summed E-state index contributed by atoms with van der Waals surface area (Å²) in [5.41, 5.74) is 0.799. The molecule has 0 unspecified atom stereocenters. The van der Waals surface area contributed by atoms with Gasteiger partial charge in [-0.05, 0) is 42.5 Å². The molecule has 11 heteroatoms. The lowest BCUT2D eigenvalue weighted by Gasteiger charge is -2.29. The third-order valence-electron chi connectivity index (χ3n) is 6.26. The van der Waals surface area contributed by atoms with Gasteiger partial charge < -0.3 is 9.47 Å². The summed E-state index contributed by atoms with van der Waals surface area (Å²) in [4.78, 5) is 45.9. The number of hydrogen-bond acceptors (Lipinski definition) is 8. The van der Waals surface area contributed by atoms with Crippen LogP contribution >= 0.6 is 15.9 Å². The minimum Gasteiger partial charge on any atom is -0.493 e. The number of carbonyl (C=O) groups is 2. The first-order chi connectivity index (χ1) is 17.3. The van der Waals surface area contributed by atoms with Crippen LogP contribution in [0.25, 0.3) is 0 Å². The average Bonchev–Trinajstić information content (AvgIpc) is 3.40. The van der Waals surface area contributed by atoms with E-state index in [2.05, 4.69) is 15.9 Å². The number of hydrogen-bond donors (Lipinski definition) is 0. The summed E-state index contributed by atoms with van der Waals surface area (Å²) in [6, 6.07) is 17.3. The summed E-state index contributed by atoms with van der Waals surface area (Å²) in [5.74, 6) is -1.69. The Balaban J connectivity index is 1.68. The monoisotopic (exact) mass is 553 g/mol. The number of carbonyl (C=O) groups excluding carboxylic acids is 2. The molecular weight excluding hydrogens is 534 g/mol. The van der Waals surface area contributed by atoms with Gasteiger partial charge in [-0.25, -0.2) is 9.96 Å². The number of hydroxylamine groups is 1. The molecule has 0 radical (unpaired) electrons. The van der Waals surface area contributed by atoms with Gasteiger partial charge in [0.2, 0.25) is 5.91 Å². The van der Waals surface area contributed by atoms with Crippen LogP contribution in [-0.2, 0) is 14.4 Å². The van der Waals surface area contributed by atoms with Crippen molar-refractivity contribution < 1.29 is 28.8 Å². The molecule has 10 nitrogen and oxygen atoms in total. The van der Waals surface area contributed by atoms with E-state index in [-0.39, 0.29) is 22.7 Å². The van der Waals surface area contributed by atoms with E-state index in [1.807, 2.05) is 0 Å².